The molecule has 0 aliphatic carbocycles. The van der Waals surface area contributed by atoms with E-state index in [4.69, 9.17) is 10.2 Å². The van der Waals surface area contributed by atoms with Crippen LogP contribution in [-0.2, 0) is 11.3 Å². The minimum Gasteiger partial charge on any atom is -0.478 e. The Bertz CT molecular complexity index is 447. The van der Waals surface area contributed by atoms with E-state index in [9.17, 15) is 4.79 Å². The van der Waals surface area contributed by atoms with Crippen LogP contribution in [0.4, 0.5) is 0 Å². The Morgan fingerprint density at radius 2 is 2.21 bits per heavy atom. The van der Waals surface area contributed by atoms with E-state index < -0.39 is 5.97 Å². The number of aliphatic hydroxyl groups is 1. The number of hydrogen-bond donors (Lipinski definition) is 2. The Morgan fingerprint density at radius 3 is 2.84 bits per heavy atom. The lowest BCUT2D eigenvalue weighted by atomic mass is 9.98. The minimum atomic E-state index is -0.918. The van der Waals surface area contributed by atoms with Gasteiger partial charge in [-0.05, 0) is 54.9 Å². The van der Waals surface area contributed by atoms with Crippen LogP contribution in [0, 0.1) is 5.92 Å². The van der Waals surface area contributed by atoms with Gasteiger partial charge in [-0.3, -0.25) is 4.90 Å². The van der Waals surface area contributed by atoms with Crippen LogP contribution in [0.15, 0.2) is 17.5 Å². The number of nitrogens with zero attached hydrogens (tertiary/aromatic N) is 1. The van der Waals surface area contributed by atoms with Crippen molar-refractivity contribution in [3.8, 4) is 0 Å². The summed E-state index contributed by atoms with van der Waals surface area (Å²) < 4.78 is 0. The molecule has 1 aliphatic rings. The van der Waals surface area contributed by atoms with E-state index in [0.717, 1.165) is 38.0 Å². The van der Waals surface area contributed by atoms with Crippen LogP contribution < -0.4 is 0 Å². The van der Waals surface area contributed by atoms with Crippen LogP contribution in [-0.4, -0.2) is 40.8 Å². The molecule has 19 heavy (non-hydrogen) atoms. The number of carboxylic acid groups (broad SMARTS) is 1. The molecule has 0 spiro atoms. The number of carbonyl (C=O) groups is 1. The minimum absolute atomic E-state index is 0.303. The molecule has 2 N–H and O–H groups in total. The van der Waals surface area contributed by atoms with Crippen LogP contribution in [0.2, 0.25) is 0 Å². The van der Waals surface area contributed by atoms with Crippen molar-refractivity contribution in [1.82, 2.24) is 4.90 Å². The highest BCUT2D eigenvalue weighted by Gasteiger charge is 2.18. The third kappa shape index (κ3) is 4.45. The Hall–Kier alpha value is -1.17. The third-order valence-corrected chi connectivity index (χ3v) is 4.38. The molecular weight excluding hydrogens is 262 g/mol. The van der Waals surface area contributed by atoms with Crippen LogP contribution in [0.5, 0.6) is 0 Å². The largest absolute Gasteiger partial charge is 0.478 e. The summed E-state index contributed by atoms with van der Waals surface area (Å²) >= 11 is 1.67. The lowest BCUT2D eigenvalue weighted by molar-refractivity contribution is -0.131. The highest BCUT2D eigenvalue weighted by molar-refractivity contribution is 7.10. The van der Waals surface area contributed by atoms with Crippen LogP contribution in [0.1, 0.15) is 23.3 Å². The number of thiophene rings is 1. The van der Waals surface area contributed by atoms with E-state index in [-0.39, 0.29) is 0 Å². The van der Waals surface area contributed by atoms with Gasteiger partial charge in [0, 0.05) is 24.1 Å². The Morgan fingerprint density at radius 1 is 1.47 bits per heavy atom. The van der Waals surface area contributed by atoms with Gasteiger partial charge >= 0.3 is 5.97 Å². The molecule has 4 nitrogen and oxygen atoms in total. The van der Waals surface area contributed by atoms with Crippen molar-refractivity contribution in [2.45, 2.75) is 19.4 Å². The Labute approximate surface area is 117 Å². The van der Waals surface area contributed by atoms with Gasteiger partial charge in [-0.15, -0.1) is 11.3 Å². The lowest BCUT2D eigenvalue weighted by Gasteiger charge is -2.30. The van der Waals surface area contributed by atoms with Crippen molar-refractivity contribution in [3.05, 3.63) is 28.0 Å². The number of hydrogen-bond acceptors (Lipinski definition) is 4. The first-order chi connectivity index (χ1) is 9.17. The molecule has 1 saturated heterocycles. The van der Waals surface area contributed by atoms with E-state index in [1.807, 2.05) is 11.4 Å². The van der Waals surface area contributed by atoms with Crippen molar-refractivity contribution in [2.24, 2.45) is 5.92 Å². The number of likely N-dealkylation sites (tertiary alicyclic amines) is 1. The fourth-order valence-electron chi connectivity index (χ4n) is 2.28. The second-order valence-corrected chi connectivity index (χ2v) is 5.92. The summed E-state index contributed by atoms with van der Waals surface area (Å²) in [5, 5.41) is 19.7. The SMILES string of the molecule is O=C(O)C=Cc1csc(CN2CCC(CO)CC2)c1. The van der Waals surface area contributed by atoms with Gasteiger partial charge in [0.05, 0.1) is 0 Å². The molecule has 0 saturated carbocycles. The van der Waals surface area contributed by atoms with Crippen LogP contribution in [0.3, 0.4) is 0 Å². The Balaban J connectivity index is 1.85. The first-order valence-electron chi connectivity index (χ1n) is 6.49. The summed E-state index contributed by atoms with van der Waals surface area (Å²) in [5.41, 5.74) is 0.952. The zero-order valence-corrected chi connectivity index (χ0v) is 11.6. The van der Waals surface area contributed by atoms with Crippen molar-refractivity contribution in [3.63, 3.8) is 0 Å². The predicted octanol–water partition coefficient (Wildman–Crippen LogP) is 2.05. The molecule has 1 fully saturated rings. The highest BCUT2D eigenvalue weighted by atomic mass is 32.1. The second-order valence-electron chi connectivity index (χ2n) is 4.92. The smallest absolute Gasteiger partial charge is 0.328 e. The first-order valence-corrected chi connectivity index (χ1v) is 7.37. The lowest BCUT2D eigenvalue weighted by Crippen LogP contribution is -2.34. The predicted molar refractivity (Wildman–Crippen MR) is 76.1 cm³/mol. The number of piperidine rings is 1. The summed E-state index contributed by atoms with van der Waals surface area (Å²) in [4.78, 5) is 14.1. The van der Waals surface area contributed by atoms with Crippen LogP contribution >= 0.6 is 11.3 Å². The number of carboxylic acids is 1. The fraction of sp³-hybridized carbons (Fsp3) is 0.500. The van der Waals surface area contributed by atoms with Crippen molar-refractivity contribution < 1.29 is 15.0 Å². The summed E-state index contributed by atoms with van der Waals surface area (Å²) in [6, 6.07) is 2.04. The topological polar surface area (TPSA) is 60.8 Å². The molecule has 5 heteroatoms. The molecular formula is C14H19NO3S. The quantitative estimate of drug-likeness (QED) is 0.811. The van der Waals surface area contributed by atoms with Gasteiger partial charge in [0.2, 0.25) is 0 Å². The number of rotatable bonds is 5. The van der Waals surface area contributed by atoms with Crippen LogP contribution in [0.25, 0.3) is 6.08 Å². The average Bonchev–Trinajstić information content (AvgIpc) is 2.85. The van der Waals surface area contributed by atoms with Gasteiger partial charge in [0.25, 0.3) is 0 Å². The summed E-state index contributed by atoms with van der Waals surface area (Å²) in [6.07, 6.45) is 4.92. The monoisotopic (exact) mass is 281 g/mol. The molecule has 0 amide bonds. The fourth-order valence-corrected chi connectivity index (χ4v) is 3.18. The van der Waals surface area contributed by atoms with E-state index in [1.165, 1.54) is 11.0 Å². The highest BCUT2D eigenvalue weighted by Crippen LogP contribution is 2.22. The molecule has 2 rings (SSSR count). The maximum atomic E-state index is 10.4. The molecule has 0 radical (unpaired) electrons. The summed E-state index contributed by atoms with van der Waals surface area (Å²) in [5.74, 6) is -0.451. The first kappa shape index (κ1) is 14.2. The molecule has 0 bridgehead atoms. The molecule has 1 aromatic heterocycles. The molecule has 1 aromatic rings. The van der Waals surface area contributed by atoms with Gasteiger partial charge in [-0.2, -0.15) is 0 Å². The van der Waals surface area contributed by atoms with Gasteiger partial charge in [0.15, 0.2) is 0 Å². The second kappa shape index (κ2) is 6.84. The molecule has 0 aromatic carbocycles. The van der Waals surface area contributed by atoms with Gasteiger partial charge in [0.1, 0.15) is 0 Å². The van der Waals surface area contributed by atoms with E-state index in [1.54, 1.807) is 17.4 Å². The molecule has 104 valence electrons. The van der Waals surface area contributed by atoms with Crippen molar-refractivity contribution >= 4 is 23.4 Å². The van der Waals surface area contributed by atoms with Gasteiger partial charge in [-0.25, -0.2) is 4.79 Å². The van der Waals surface area contributed by atoms with Crippen molar-refractivity contribution in [1.29, 1.82) is 0 Å². The summed E-state index contributed by atoms with van der Waals surface area (Å²) in [7, 11) is 0. The third-order valence-electron chi connectivity index (χ3n) is 3.44. The van der Waals surface area contributed by atoms with Gasteiger partial charge < -0.3 is 10.2 Å². The maximum absolute atomic E-state index is 10.4. The van der Waals surface area contributed by atoms with Gasteiger partial charge in [-0.1, -0.05) is 0 Å². The average molecular weight is 281 g/mol. The molecule has 0 atom stereocenters. The normalized spacial score (nSPS) is 18.2. The Kier molecular flexibility index (Phi) is 5.13. The maximum Gasteiger partial charge on any atom is 0.328 e. The zero-order chi connectivity index (χ0) is 13.7. The van der Waals surface area contributed by atoms with Crippen molar-refractivity contribution in [2.75, 3.05) is 19.7 Å². The van der Waals surface area contributed by atoms with E-state index >= 15 is 0 Å². The number of aliphatic carboxylic acids is 1. The molecule has 1 aliphatic heterocycles. The zero-order valence-electron chi connectivity index (χ0n) is 10.8. The standard InChI is InChI=1S/C14H19NO3S/c16-9-11-3-5-15(6-4-11)8-13-7-12(10-19-13)1-2-14(17)18/h1-2,7,10-11,16H,3-6,8-9H2,(H,17,18). The number of aliphatic hydroxyl groups excluding tert-OH is 1. The van der Waals surface area contributed by atoms with E-state index in [0.29, 0.717) is 12.5 Å². The van der Waals surface area contributed by atoms with E-state index in [2.05, 4.69) is 4.90 Å². The molecule has 2 heterocycles. The molecule has 0 unspecified atom stereocenters. The summed E-state index contributed by atoms with van der Waals surface area (Å²) in [6.45, 7) is 3.29.